The maximum absolute atomic E-state index is 11.6. The van der Waals surface area contributed by atoms with Crippen molar-refractivity contribution in [2.45, 2.75) is 40.5 Å². The number of hydrogen-bond acceptors (Lipinski definition) is 3. The number of ether oxygens (including phenoxy) is 1. The number of hydrogen-bond donors (Lipinski definition) is 0. The molecule has 3 heteroatoms. The third-order valence-electron chi connectivity index (χ3n) is 3.13. The number of esters is 1. The van der Waals surface area contributed by atoms with Gasteiger partial charge in [0.05, 0.1) is 7.11 Å². The van der Waals surface area contributed by atoms with Crippen LogP contribution in [0.25, 0.3) is 0 Å². The van der Waals surface area contributed by atoms with Crippen LogP contribution in [0.2, 0.25) is 0 Å². The lowest BCUT2D eigenvalue weighted by molar-refractivity contribution is -0.134. The molecule has 0 atom stereocenters. The van der Waals surface area contributed by atoms with E-state index < -0.39 is 5.97 Å². The van der Waals surface area contributed by atoms with Gasteiger partial charge < -0.3 is 4.74 Å². The third kappa shape index (κ3) is 4.10. The van der Waals surface area contributed by atoms with Gasteiger partial charge in [-0.05, 0) is 13.8 Å². The highest BCUT2D eigenvalue weighted by Gasteiger charge is 2.31. The summed E-state index contributed by atoms with van der Waals surface area (Å²) in [6, 6.07) is 0. The number of rotatable bonds is 1. The Hall–Kier alpha value is -1.82. The number of allylic oxidation sites excluding steroid dienone is 3. The molecule has 0 unspecified atom stereocenters. The van der Waals surface area contributed by atoms with Gasteiger partial charge >= 0.3 is 5.97 Å². The van der Waals surface area contributed by atoms with Gasteiger partial charge in [-0.2, -0.15) is 0 Å². The van der Waals surface area contributed by atoms with Gasteiger partial charge in [-0.25, -0.2) is 4.79 Å². The molecule has 1 rings (SSSR count). The van der Waals surface area contributed by atoms with E-state index in [9.17, 15) is 9.59 Å². The maximum atomic E-state index is 11.6. The fourth-order valence-electron chi connectivity index (χ4n) is 2.31. The summed E-state index contributed by atoms with van der Waals surface area (Å²) in [5, 5.41) is 0. The van der Waals surface area contributed by atoms with Crippen molar-refractivity contribution in [3.05, 3.63) is 22.8 Å². The lowest BCUT2D eigenvalue weighted by atomic mass is 9.72. The Bertz CT molecular complexity index is 522. The Morgan fingerprint density at radius 2 is 2.05 bits per heavy atom. The van der Waals surface area contributed by atoms with Crippen LogP contribution in [-0.4, -0.2) is 18.9 Å². The van der Waals surface area contributed by atoms with Crippen LogP contribution in [0.15, 0.2) is 22.8 Å². The molecule has 0 aromatic carbocycles. The number of Topliss-reactive ketones (excluding diaryl/α,β-unsaturated/α-hetero) is 1. The van der Waals surface area contributed by atoms with Crippen LogP contribution >= 0.6 is 0 Å². The summed E-state index contributed by atoms with van der Waals surface area (Å²) < 4.78 is 4.55. The first kappa shape index (κ1) is 15.2. The van der Waals surface area contributed by atoms with Crippen molar-refractivity contribution in [1.82, 2.24) is 0 Å². The summed E-state index contributed by atoms with van der Waals surface area (Å²) in [6.45, 7) is 7.76. The molecule has 0 amide bonds. The second-order valence-electron chi connectivity index (χ2n) is 5.53. The lowest BCUT2D eigenvalue weighted by Crippen LogP contribution is -2.25. The molecule has 0 aromatic heterocycles. The van der Waals surface area contributed by atoms with Crippen molar-refractivity contribution >= 4 is 11.8 Å². The van der Waals surface area contributed by atoms with Crippen molar-refractivity contribution in [3.63, 3.8) is 0 Å². The molecule has 0 aliphatic heterocycles. The quantitative estimate of drug-likeness (QED) is 0.413. The second kappa shape index (κ2) is 5.88. The molecule has 0 N–H and O–H groups in total. The molecule has 0 saturated carbocycles. The molecule has 3 nitrogen and oxygen atoms in total. The second-order valence-corrected chi connectivity index (χ2v) is 5.53. The zero-order chi connectivity index (χ0) is 14.6. The minimum Gasteiger partial charge on any atom is -0.466 e. The highest BCUT2D eigenvalue weighted by atomic mass is 16.5. The van der Waals surface area contributed by atoms with Crippen molar-refractivity contribution in [2.75, 3.05) is 7.11 Å². The minimum atomic E-state index is -0.407. The largest absolute Gasteiger partial charge is 0.466 e. The van der Waals surface area contributed by atoms with Gasteiger partial charge in [0.1, 0.15) is 5.78 Å². The maximum Gasteiger partial charge on any atom is 0.331 e. The van der Waals surface area contributed by atoms with E-state index in [-0.39, 0.29) is 11.2 Å². The minimum absolute atomic E-state index is 0.224. The molecule has 0 saturated heterocycles. The van der Waals surface area contributed by atoms with Crippen LogP contribution in [0.4, 0.5) is 0 Å². The smallest absolute Gasteiger partial charge is 0.331 e. The number of carbonyl (C=O) groups is 2. The Morgan fingerprint density at radius 3 is 2.58 bits per heavy atom. The van der Waals surface area contributed by atoms with Gasteiger partial charge in [-0.1, -0.05) is 31.3 Å². The number of methoxy groups -OCH3 is 1. The first-order valence-corrected chi connectivity index (χ1v) is 6.26. The average Bonchev–Trinajstić information content (AvgIpc) is 2.25. The highest BCUT2D eigenvalue weighted by molar-refractivity contribution is 5.85. The summed E-state index contributed by atoms with van der Waals surface area (Å²) in [5.41, 5.74) is 2.46. The van der Waals surface area contributed by atoms with Crippen LogP contribution in [0.1, 0.15) is 40.5 Å². The van der Waals surface area contributed by atoms with Gasteiger partial charge in [0.25, 0.3) is 0 Å². The predicted octanol–water partition coefficient (Wildman–Crippen LogP) is 2.81. The van der Waals surface area contributed by atoms with E-state index in [1.54, 1.807) is 6.92 Å². The van der Waals surface area contributed by atoms with E-state index in [1.807, 2.05) is 20.8 Å². The van der Waals surface area contributed by atoms with Gasteiger partial charge in [-0.3, -0.25) is 4.79 Å². The van der Waals surface area contributed by atoms with Crippen LogP contribution in [0.3, 0.4) is 0 Å². The molecule has 0 fully saturated rings. The van der Waals surface area contributed by atoms with Crippen LogP contribution in [0, 0.1) is 17.3 Å². The van der Waals surface area contributed by atoms with E-state index in [1.165, 1.54) is 13.2 Å². The first-order valence-electron chi connectivity index (χ1n) is 6.26. The Kier molecular flexibility index (Phi) is 4.72. The Labute approximate surface area is 114 Å². The molecule has 1 aliphatic carbocycles. The molecule has 0 bridgehead atoms. The third-order valence-corrected chi connectivity index (χ3v) is 3.13. The van der Waals surface area contributed by atoms with E-state index in [0.717, 1.165) is 11.1 Å². The van der Waals surface area contributed by atoms with Crippen LogP contribution in [-0.2, 0) is 14.3 Å². The van der Waals surface area contributed by atoms with E-state index >= 15 is 0 Å². The fourth-order valence-corrected chi connectivity index (χ4v) is 2.31. The van der Waals surface area contributed by atoms with Crippen LogP contribution in [0.5, 0.6) is 0 Å². The molecular weight excluding hydrogens is 240 g/mol. The number of ketones is 1. The topological polar surface area (TPSA) is 43.4 Å². The molecule has 0 heterocycles. The van der Waals surface area contributed by atoms with Crippen molar-refractivity contribution < 1.29 is 14.3 Å². The number of carbonyl (C=O) groups excluding carboxylic acids is 2. The van der Waals surface area contributed by atoms with Crippen LogP contribution < -0.4 is 0 Å². The SMILES string of the molecule is COC(=O)/C=C(\C)C#CC1=C(C)CC(=O)CC1(C)C. The van der Waals surface area contributed by atoms with Crippen molar-refractivity contribution in [2.24, 2.45) is 5.41 Å². The monoisotopic (exact) mass is 260 g/mol. The standard InChI is InChI=1S/C16H20O3/c1-11(8-15(18)19-5)6-7-14-12(2)9-13(17)10-16(14,3)4/h8H,9-10H2,1-5H3/b11-8+. The molecule has 1 aliphatic rings. The predicted molar refractivity (Wildman–Crippen MR) is 74.3 cm³/mol. The summed E-state index contributed by atoms with van der Waals surface area (Å²) >= 11 is 0. The van der Waals surface area contributed by atoms with Gasteiger partial charge in [-0.15, -0.1) is 0 Å². The summed E-state index contributed by atoms with van der Waals surface area (Å²) in [7, 11) is 1.34. The van der Waals surface area contributed by atoms with E-state index in [4.69, 9.17) is 0 Å². The van der Waals surface area contributed by atoms with E-state index in [2.05, 4.69) is 16.6 Å². The van der Waals surface area contributed by atoms with E-state index in [0.29, 0.717) is 18.4 Å². The Balaban J connectivity index is 3.05. The van der Waals surface area contributed by atoms with Gasteiger partial charge in [0.2, 0.25) is 0 Å². The molecule has 0 radical (unpaired) electrons. The fraction of sp³-hybridized carbons (Fsp3) is 0.500. The van der Waals surface area contributed by atoms with Crippen molar-refractivity contribution in [3.8, 4) is 11.8 Å². The lowest BCUT2D eigenvalue weighted by Gasteiger charge is -2.30. The molecular formula is C16H20O3. The average molecular weight is 260 g/mol. The summed E-state index contributed by atoms with van der Waals surface area (Å²) in [6.07, 6.45) is 2.37. The molecule has 0 aromatic rings. The summed E-state index contributed by atoms with van der Waals surface area (Å²) in [4.78, 5) is 22.7. The van der Waals surface area contributed by atoms with Gasteiger partial charge in [0, 0.05) is 35.5 Å². The zero-order valence-electron chi connectivity index (χ0n) is 12.2. The molecule has 19 heavy (non-hydrogen) atoms. The molecule has 0 spiro atoms. The summed E-state index contributed by atoms with van der Waals surface area (Å²) in [5.74, 6) is 5.92. The first-order chi connectivity index (χ1) is 8.76. The highest BCUT2D eigenvalue weighted by Crippen LogP contribution is 2.37. The van der Waals surface area contributed by atoms with Crippen molar-refractivity contribution in [1.29, 1.82) is 0 Å². The Morgan fingerprint density at radius 1 is 1.42 bits per heavy atom. The van der Waals surface area contributed by atoms with Gasteiger partial charge in [0.15, 0.2) is 0 Å². The molecule has 102 valence electrons. The zero-order valence-corrected chi connectivity index (χ0v) is 12.2. The normalized spacial score (nSPS) is 18.8.